The maximum Gasteiger partial charge on any atom is 0.316 e. The molecule has 0 aliphatic carbocycles. The molecule has 0 radical (unpaired) electrons. The molecule has 0 aromatic heterocycles. The first kappa shape index (κ1) is 9.23. The van der Waals surface area contributed by atoms with Crippen molar-refractivity contribution in [2.75, 3.05) is 20.6 Å². The minimum absolute atomic E-state index is 0.180. The van der Waals surface area contributed by atoms with Gasteiger partial charge in [0.15, 0.2) is 0 Å². The van der Waals surface area contributed by atoms with Crippen molar-refractivity contribution in [3.8, 4) is 0 Å². The summed E-state index contributed by atoms with van der Waals surface area (Å²) in [4.78, 5) is 12.2. The van der Waals surface area contributed by atoms with Crippen molar-refractivity contribution in [3.05, 3.63) is 0 Å². The van der Waals surface area contributed by atoms with Crippen LogP contribution in [-0.2, 0) is 0 Å². The van der Waals surface area contributed by atoms with Crippen molar-refractivity contribution in [1.82, 2.24) is 10.2 Å². The van der Waals surface area contributed by atoms with Crippen molar-refractivity contribution >= 4 is 6.03 Å². The van der Waals surface area contributed by atoms with Gasteiger partial charge < -0.3 is 15.3 Å². The highest BCUT2D eigenvalue weighted by molar-refractivity contribution is 5.73. The normalized spacial score (nSPS) is 12.4. The van der Waals surface area contributed by atoms with Gasteiger partial charge in [-0.25, -0.2) is 4.79 Å². The van der Waals surface area contributed by atoms with Gasteiger partial charge in [-0.1, -0.05) is 0 Å². The van der Waals surface area contributed by atoms with Crippen LogP contribution in [0.3, 0.4) is 0 Å². The molecule has 4 heteroatoms. The van der Waals surface area contributed by atoms with Crippen LogP contribution >= 0.6 is 0 Å². The van der Waals surface area contributed by atoms with E-state index in [0.29, 0.717) is 6.54 Å². The van der Waals surface area contributed by atoms with E-state index in [-0.39, 0.29) is 6.03 Å². The van der Waals surface area contributed by atoms with E-state index >= 15 is 0 Å². The molecule has 0 rings (SSSR count). The summed E-state index contributed by atoms with van der Waals surface area (Å²) >= 11 is 0. The maximum absolute atomic E-state index is 10.8. The summed E-state index contributed by atoms with van der Waals surface area (Å²) in [6.07, 6.45) is -0.483. The van der Waals surface area contributed by atoms with Crippen molar-refractivity contribution in [3.63, 3.8) is 0 Å². The van der Waals surface area contributed by atoms with Gasteiger partial charge in [0.2, 0.25) is 0 Å². The molecule has 10 heavy (non-hydrogen) atoms. The minimum Gasteiger partial charge on any atom is -0.392 e. The van der Waals surface area contributed by atoms with Crippen LogP contribution < -0.4 is 5.32 Å². The SMILES string of the molecule is C[C@@H](O)CNC(=O)N(C)C. The highest BCUT2D eigenvalue weighted by Crippen LogP contribution is 1.79. The van der Waals surface area contributed by atoms with Crippen molar-refractivity contribution in [1.29, 1.82) is 0 Å². The summed E-state index contributed by atoms with van der Waals surface area (Å²) in [7, 11) is 3.30. The predicted molar refractivity (Wildman–Crippen MR) is 38.8 cm³/mol. The van der Waals surface area contributed by atoms with Gasteiger partial charge in [0.05, 0.1) is 6.10 Å². The second-order valence-electron chi connectivity index (χ2n) is 2.43. The Morgan fingerprint density at radius 1 is 1.70 bits per heavy atom. The van der Waals surface area contributed by atoms with Gasteiger partial charge >= 0.3 is 6.03 Å². The molecule has 60 valence electrons. The average Bonchev–Trinajstić information content (AvgIpc) is 1.82. The molecular weight excluding hydrogens is 132 g/mol. The van der Waals surface area contributed by atoms with Crippen LogP contribution in [0, 0.1) is 0 Å². The summed E-state index contributed by atoms with van der Waals surface area (Å²) < 4.78 is 0. The molecule has 0 aliphatic rings. The lowest BCUT2D eigenvalue weighted by Gasteiger charge is -2.12. The van der Waals surface area contributed by atoms with E-state index in [2.05, 4.69) is 5.32 Å². The molecular formula is C6H14N2O2. The van der Waals surface area contributed by atoms with E-state index in [4.69, 9.17) is 5.11 Å². The number of hydrogen-bond donors (Lipinski definition) is 2. The number of rotatable bonds is 2. The molecule has 0 fully saturated rings. The summed E-state index contributed by atoms with van der Waals surface area (Å²) in [5, 5.41) is 11.3. The third kappa shape index (κ3) is 4.14. The number of nitrogens with zero attached hydrogens (tertiary/aromatic N) is 1. The molecule has 0 heterocycles. The van der Waals surface area contributed by atoms with E-state index in [0.717, 1.165) is 0 Å². The van der Waals surface area contributed by atoms with Gasteiger partial charge in [0.1, 0.15) is 0 Å². The molecule has 0 bridgehead atoms. The Morgan fingerprint density at radius 2 is 2.20 bits per heavy atom. The molecule has 1 atom stereocenters. The lowest BCUT2D eigenvalue weighted by Crippen LogP contribution is -2.38. The first-order chi connectivity index (χ1) is 4.54. The largest absolute Gasteiger partial charge is 0.392 e. The third-order valence-corrected chi connectivity index (χ3v) is 0.955. The number of carbonyl (C=O) groups excluding carboxylic acids is 1. The molecule has 0 aromatic carbocycles. The van der Waals surface area contributed by atoms with Gasteiger partial charge in [-0.15, -0.1) is 0 Å². The quantitative estimate of drug-likeness (QED) is 0.559. The Labute approximate surface area is 60.8 Å². The lowest BCUT2D eigenvalue weighted by molar-refractivity contribution is 0.180. The average molecular weight is 146 g/mol. The standard InChI is InChI=1S/C6H14N2O2/c1-5(9)4-7-6(10)8(2)3/h5,9H,4H2,1-3H3,(H,7,10)/t5-/m1/s1. The fourth-order valence-electron chi connectivity index (χ4n) is 0.393. The number of amides is 2. The van der Waals surface area contributed by atoms with Crippen molar-refractivity contribution < 1.29 is 9.90 Å². The van der Waals surface area contributed by atoms with Gasteiger partial charge in [-0.2, -0.15) is 0 Å². The van der Waals surface area contributed by atoms with Gasteiger partial charge in [0.25, 0.3) is 0 Å². The predicted octanol–water partition coefficient (Wildman–Crippen LogP) is -0.362. The van der Waals surface area contributed by atoms with Crippen molar-refractivity contribution in [2.45, 2.75) is 13.0 Å². The summed E-state index contributed by atoms with van der Waals surface area (Å²) in [5.41, 5.74) is 0. The lowest BCUT2D eigenvalue weighted by atomic mass is 10.4. The number of nitrogens with one attached hydrogen (secondary N) is 1. The zero-order chi connectivity index (χ0) is 8.15. The number of aliphatic hydroxyl groups is 1. The van der Waals surface area contributed by atoms with Crippen molar-refractivity contribution in [2.24, 2.45) is 0 Å². The number of carbonyl (C=O) groups is 1. The number of aliphatic hydroxyl groups excluding tert-OH is 1. The molecule has 2 amide bonds. The molecule has 0 aliphatic heterocycles. The Balaban J connectivity index is 3.40. The topological polar surface area (TPSA) is 52.6 Å². The van der Waals surface area contributed by atoms with Gasteiger partial charge in [0, 0.05) is 20.6 Å². The highest BCUT2D eigenvalue weighted by atomic mass is 16.3. The first-order valence-electron chi connectivity index (χ1n) is 3.17. The number of urea groups is 1. The maximum atomic E-state index is 10.8. The fraction of sp³-hybridized carbons (Fsp3) is 0.833. The summed E-state index contributed by atoms with van der Waals surface area (Å²) in [5.74, 6) is 0. The van der Waals surface area contributed by atoms with E-state index in [9.17, 15) is 4.79 Å². The molecule has 4 nitrogen and oxygen atoms in total. The second kappa shape index (κ2) is 4.11. The molecule has 0 spiro atoms. The Kier molecular flexibility index (Phi) is 3.79. The van der Waals surface area contributed by atoms with E-state index < -0.39 is 6.10 Å². The zero-order valence-corrected chi connectivity index (χ0v) is 6.59. The van der Waals surface area contributed by atoms with Crippen LogP contribution in [0.5, 0.6) is 0 Å². The summed E-state index contributed by atoms with van der Waals surface area (Å²) in [6.45, 7) is 1.92. The second-order valence-corrected chi connectivity index (χ2v) is 2.43. The highest BCUT2D eigenvalue weighted by Gasteiger charge is 2.02. The van der Waals surface area contributed by atoms with Crippen LogP contribution in [-0.4, -0.2) is 42.8 Å². The molecule has 0 saturated heterocycles. The molecule has 0 unspecified atom stereocenters. The smallest absolute Gasteiger partial charge is 0.316 e. The van der Waals surface area contributed by atoms with Crippen LogP contribution in [0.4, 0.5) is 4.79 Å². The van der Waals surface area contributed by atoms with Crippen LogP contribution in [0.25, 0.3) is 0 Å². The Bertz CT molecular complexity index is 112. The van der Waals surface area contributed by atoms with Gasteiger partial charge in [-0.3, -0.25) is 0 Å². The van der Waals surface area contributed by atoms with E-state index in [1.165, 1.54) is 4.90 Å². The van der Waals surface area contributed by atoms with Crippen LogP contribution in [0.15, 0.2) is 0 Å². The summed E-state index contributed by atoms with van der Waals surface area (Å²) in [6, 6.07) is -0.180. The van der Waals surface area contributed by atoms with Gasteiger partial charge in [-0.05, 0) is 6.92 Å². The van der Waals surface area contributed by atoms with E-state index in [1.807, 2.05) is 0 Å². The monoisotopic (exact) mass is 146 g/mol. The zero-order valence-electron chi connectivity index (χ0n) is 6.59. The fourth-order valence-corrected chi connectivity index (χ4v) is 0.393. The molecule has 2 N–H and O–H groups in total. The van der Waals surface area contributed by atoms with Crippen LogP contribution in [0.1, 0.15) is 6.92 Å². The number of hydrogen-bond acceptors (Lipinski definition) is 2. The molecule has 0 saturated carbocycles. The first-order valence-corrected chi connectivity index (χ1v) is 3.17. The Hall–Kier alpha value is -0.770. The van der Waals surface area contributed by atoms with E-state index in [1.54, 1.807) is 21.0 Å². The Morgan fingerprint density at radius 3 is 2.50 bits per heavy atom. The van der Waals surface area contributed by atoms with Crippen LogP contribution in [0.2, 0.25) is 0 Å². The third-order valence-electron chi connectivity index (χ3n) is 0.955. The molecule has 0 aromatic rings. The minimum atomic E-state index is -0.483.